The number of carbonyl (C=O) groups is 1. The summed E-state index contributed by atoms with van der Waals surface area (Å²) in [7, 11) is -3.67. The summed E-state index contributed by atoms with van der Waals surface area (Å²) in [6.07, 6.45) is 0. The van der Waals surface area contributed by atoms with Gasteiger partial charge in [0.2, 0.25) is 10.0 Å². The molecule has 0 saturated heterocycles. The third-order valence-corrected chi connectivity index (χ3v) is 4.06. The number of nitrogens with zero attached hydrogens (tertiary/aromatic N) is 3. The molecule has 0 fully saturated rings. The van der Waals surface area contributed by atoms with E-state index in [-0.39, 0.29) is 17.1 Å². The van der Waals surface area contributed by atoms with E-state index in [1.807, 2.05) is 0 Å². The number of rotatable bonds is 6. The Bertz CT molecular complexity index is 729. The molecule has 0 spiro atoms. The van der Waals surface area contributed by atoms with Gasteiger partial charge in [-0.2, -0.15) is 5.21 Å². The summed E-state index contributed by atoms with van der Waals surface area (Å²) in [6.45, 7) is 1.58. The first-order valence-corrected chi connectivity index (χ1v) is 7.58. The number of carboxylic acids is 1. The van der Waals surface area contributed by atoms with Gasteiger partial charge in [-0.15, -0.1) is 10.2 Å². The van der Waals surface area contributed by atoms with Gasteiger partial charge in [0.1, 0.15) is 0 Å². The number of H-pyrrole nitrogens is 1. The molecular formula is C11H13N5O4S. The molecule has 0 amide bonds. The Kier molecular flexibility index (Phi) is 4.29. The van der Waals surface area contributed by atoms with Crippen LogP contribution in [-0.4, -0.2) is 40.1 Å². The molecule has 3 N–H and O–H groups in total. The fraction of sp³-hybridized carbons (Fsp3) is 0.273. The number of aromatic nitrogens is 4. The van der Waals surface area contributed by atoms with Gasteiger partial charge in [0, 0.05) is 0 Å². The molecule has 1 unspecified atom stereocenters. The van der Waals surface area contributed by atoms with Gasteiger partial charge in [0.25, 0.3) is 0 Å². The molecular weight excluding hydrogens is 298 g/mol. The van der Waals surface area contributed by atoms with Crippen molar-refractivity contribution in [3.63, 3.8) is 0 Å². The summed E-state index contributed by atoms with van der Waals surface area (Å²) in [5, 5.41) is 21.9. The normalized spacial score (nSPS) is 13.0. The van der Waals surface area contributed by atoms with E-state index >= 15 is 0 Å². The van der Waals surface area contributed by atoms with E-state index < -0.39 is 22.0 Å². The molecule has 0 aliphatic heterocycles. The number of nitrogens with one attached hydrogen (secondary N) is 2. The van der Waals surface area contributed by atoms with Gasteiger partial charge in [-0.3, -0.25) is 0 Å². The van der Waals surface area contributed by atoms with Crippen LogP contribution < -0.4 is 4.72 Å². The predicted molar refractivity (Wildman–Crippen MR) is 71.8 cm³/mol. The Balaban J connectivity index is 2.10. The van der Waals surface area contributed by atoms with Crippen LogP contribution in [0.15, 0.2) is 24.3 Å². The van der Waals surface area contributed by atoms with E-state index in [4.69, 9.17) is 5.11 Å². The zero-order chi connectivity index (χ0) is 15.5. The maximum atomic E-state index is 12.0. The van der Waals surface area contributed by atoms with Crippen molar-refractivity contribution in [1.29, 1.82) is 0 Å². The van der Waals surface area contributed by atoms with Gasteiger partial charge in [0.15, 0.2) is 5.82 Å². The van der Waals surface area contributed by atoms with Gasteiger partial charge in [-0.25, -0.2) is 17.9 Å². The molecule has 0 aliphatic rings. The molecule has 0 bridgehead atoms. The smallest absolute Gasteiger partial charge is 0.335 e. The highest BCUT2D eigenvalue weighted by Crippen LogP contribution is 2.12. The summed E-state index contributed by atoms with van der Waals surface area (Å²) in [6, 6.07) is 5.12. The van der Waals surface area contributed by atoms with Crippen molar-refractivity contribution in [2.24, 2.45) is 0 Å². The standard InChI is InChI=1S/C11H13N5O4S/c1-7(10-12-15-16-13-10)14-21(19,20)6-8-3-2-4-9(5-8)11(17)18/h2-5,7,14H,6H2,1H3,(H,17,18)(H,12,13,15,16). The number of benzene rings is 1. The number of aromatic amines is 1. The fourth-order valence-electron chi connectivity index (χ4n) is 1.73. The van der Waals surface area contributed by atoms with Crippen LogP contribution in [0, 0.1) is 0 Å². The third-order valence-electron chi connectivity index (χ3n) is 2.64. The van der Waals surface area contributed by atoms with Crippen LogP contribution in [0.2, 0.25) is 0 Å². The molecule has 0 radical (unpaired) electrons. The Morgan fingerprint density at radius 2 is 2.24 bits per heavy atom. The highest BCUT2D eigenvalue weighted by Gasteiger charge is 2.19. The molecule has 2 rings (SSSR count). The van der Waals surface area contributed by atoms with Gasteiger partial charge in [-0.05, 0) is 24.6 Å². The number of aromatic carboxylic acids is 1. The molecule has 1 atom stereocenters. The molecule has 0 aliphatic carbocycles. The lowest BCUT2D eigenvalue weighted by Gasteiger charge is -2.11. The number of tetrazole rings is 1. The molecule has 0 saturated carbocycles. The second-order valence-electron chi connectivity index (χ2n) is 4.37. The lowest BCUT2D eigenvalue weighted by atomic mass is 10.1. The summed E-state index contributed by atoms with van der Waals surface area (Å²) in [5.74, 6) is -1.23. The third kappa shape index (κ3) is 4.07. The van der Waals surface area contributed by atoms with Crippen molar-refractivity contribution in [1.82, 2.24) is 25.3 Å². The molecule has 10 heteroatoms. The monoisotopic (exact) mass is 311 g/mol. The van der Waals surface area contributed by atoms with Crippen LogP contribution in [0.4, 0.5) is 0 Å². The van der Waals surface area contributed by atoms with Crippen molar-refractivity contribution in [2.45, 2.75) is 18.7 Å². The summed E-state index contributed by atoms with van der Waals surface area (Å²) in [4.78, 5) is 10.9. The number of sulfonamides is 1. The first-order valence-electron chi connectivity index (χ1n) is 5.93. The molecule has 1 aromatic carbocycles. The topological polar surface area (TPSA) is 138 Å². The average molecular weight is 311 g/mol. The van der Waals surface area contributed by atoms with E-state index in [9.17, 15) is 13.2 Å². The Labute approximate surface area is 120 Å². The zero-order valence-electron chi connectivity index (χ0n) is 11.0. The summed E-state index contributed by atoms with van der Waals surface area (Å²) in [5.41, 5.74) is 0.414. The maximum Gasteiger partial charge on any atom is 0.335 e. The number of carboxylic acid groups (broad SMARTS) is 1. The van der Waals surface area contributed by atoms with Crippen molar-refractivity contribution < 1.29 is 18.3 Å². The predicted octanol–water partition coefficient (Wildman–Crippen LogP) is 0.0785. The van der Waals surface area contributed by atoms with Crippen LogP contribution in [0.5, 0.6) is 0 Å². The maximum absolute atomic E-state index is 12.0. The minimum absolute atomic E-state index is 0.0360. The van der Waals surface area contributed by atoms with Crippen LogP contribution in [-0.2, 0) is 15.8 Å². The minimum Gasteiger partial charge on any atom is -0.478 e. The first kappa shape index (κ1) is 15.1. The van der Waals surface area contributed by atoms with Gasteiger partial charge >= 0.3 is 5.97 Å². The van der Waals surface area contributed by atoms with E-state index in [0.29, 0.717) is 5.56 Å². The van der Waals surface area contributed by atoms with Crippen molar-refractivity contribution >= 4 is 16.0 Å². The lowest BCUT2D eigenvalue weighted by molar-refractivity contribution is 0.0696. The average Bonchev–Trinajstić information content (AvgIpc) is 2.91. The molecule has 1 aromatic heterocycles. The van der Waals surface area contributed by atoms with Crippen LogP contribution in [0.3, 0.4) is 0 Å². The summed E-state index contributed by atoms with van der Waals surface area (Å²) >= 11 is 0. The molecule has 9 nitrogen and oxygen atoms in total. The first-order chi connectivity index (χ1) is 9.87. The Morgan fingerprint density at radius 3 is 2.86 bits per heavy atom. The fourth-order valence-corrected chi connectivity index (χ4v) is 3.08. The van der Waals surface area contributed by atoms with Crippen LogP contribution in [0.25, 0.3) is 0 Å². The van der Waals surface area contributed by atoms with Gasteiger partial charge in [-0.1, -0.05) is 17.3 Å². The zero-order valence-corrected chi connectivity index (χ0v) is 11.8. The van der Waals surface area contributed by atoms with E-state index in [1.54, 1.807) is 13.0 Å². The molecule has 1 heterocycles. The van der Waals surface area contributed by atoms with Crippen molar-refractivity contribution in [3.05, 3.63) is 41.2 Å². The van der Waals surface area contributed by atoms with E-state index in [0.717, 1.165) is 0 Å². The van der Waals surface area contributed by atoms with Gasteiger partial charge < -0.3 is 5.11 Å². The van der Waals surface area contributed by atoms with Crippen molar-refractivity contribution in [2.75, 3.05) is 0 Å². The van der Waals surface area contributed by atoms with Crippen LogP contribution >= 0.6 is 0 Å². The summed E-state index contributed by atoms with van der Waals surface area (Å²) < 4.78 is 26.5. The second kappa shape index (κ2) is 5.97. The number of hydrogen-bond acceptors (Lipinski definition) is 6. The van der Waals surface area contributed by atoms with E-state index in [2.05, 4.69) is 25.3 Å². The van der Waals surface area contributed by atoms with Crippen molar-refractivity contribution in [3.8, 4) is 0 Å². The largest absolute Gasteiger partial charge is 0.478 e. The second-order valence-corrected chi connectivity index (χ2v) is 6.13. The molecule has 2 aromatic rings. The quantitative estimate of drug-likeness (QED) is 0.686. The SMILES string of the molecule is CC(NS(=O)(=O)Cc1cccc(C(=O)O)c1)c1nn[nH]n1. The lowest BCUT2D eigenvalue weighted by Crippen LogP contribution is -2.28. The molecule has 112 valence electrons. The van der Waals surface area contributed by atoms with Gasteiger partial charge in [0.05, 0.1) is 17.4 Å². The highest BCUT2D eigenvalue weighted by molar-refractivity contribution is 7.88. The Morgan fingerprint density at radius 1 is 1.48 bits per heavy atom. The molecule has 21 heavy (non-hydrogen) atoms. The number of hydrogen-bond donors (Lipinski definition) is 3. The van der Waals surface area contributed by atoms with E-state index in [1.165, 1.54) is 18.2 Å². The minimum atomic E-state index is -3.67. The highest BCUT2D eigenvalue weighted by atomic mass is 32.2. The van der Waals surface area contributed by atoms with Crippen LogP contribution in [0.1, 0.15) is 34.7 Å². The Hall–Kier alpha value is -2.33.